The van der Waals surface area contributed by atoms with Gasteiger partial charge in [0.05, 0.1) is 12.9 Å². The summed E-state index contributed by atoms with van der Waals surface area (Å²) in [5.41, 5.74) is 1.60. The molecule has 1 aliphatic rings. The lowest BCUT2D eigenvalue weighted by Crippen LogP contribution is -2.55. The highest BCUT2D eigenvalue weighted by molar-refractivity contribution is 7.14. The Morgan fingerprint density at radius 2 is 1.78 bits per heavy atom. The van der Waals surface area contributed by atoms with E-state index in [1.54, 1.807) is 12.3 Å². The number of hydrogen-bond donors (Lipinski definition) is 4. The average molecular weight is 455 g/mol. The third kappa shape index (κ3) is 3.83. The molecule has 166 valence electrons. The van der Waals surface area contributed by atoms with Crippen LogP contribution in [0, 0.1) is 0 Å². The Hall–Kier alpha value is -2.66. The molecule has 4 N–H and O–H groups in total. The molecule has 0 radical (unpaired) electrons. The standard InChI is InChI=1S/C23H22N2O6S/c26-11-17-19(27)20(28)21(29)22(31-17)14-8-12-4-1-2-5-15(12)13(9-14)10-18-24-25-23(32-18)16-6-3-7-30-16/h1-9,17,19-22,26-29H,10-11H2/t17-,19-,20+,21-,22+/m1/s1. The maximum atomic E-state index is 10.6. The molecular formula is C23H22N2O6S. The summed E-state index contributed by atoms with van der Waals surface area (Å²) in [4.78, 5) is 0. The van der Waals surface area contributed by atoms with Crippen LogP contribution in [0.1, 0.15) is 22.2 Å². The van der Waals surface area contributed by atoms with E-state index >= 15 is 0 Å². The van der Waals surface area contributed by atoms with E-state index in [2.05, 4.69) is 10.2 Å². The molecule has 5 rings (SSSR count). The molecule has 0 spiro atoms. The second kappa shape index (κ2) is 8.70. The summed E-state index contributed by atoms with van der Waals surface area (Å²) in [5, 5.41) is 52.4. The molecule has 1 aliphatic heterocycles. The minimum Gasteiger partial charge on any atom is -0.462 e. The van der Waals surface area contributed by atoms with Crippen LogP contribution in [0.2, 0.25) is 0 Å². The fourth-order valence-electron chi connectivity index (χ4n) is 4.09. The first-order chi connectivity index (χ1) is 15.5. The lowest BCUT2D eigenvalue weighted by molar-refractivity contribution is -0.231. The number of rotatable bonds is 5. The summed E-state index contributed by atoms with van der Waals surface area (Å²) >= 11 is 1.44. The lowest BCUT2D eigenvalue weighted by Gasteiger charge is -2.40. The summed E-state index contributed by atoms with van der Waals surface area (Å²) < 4.78 is 11.2. The first kappa shape index (κ1) is 21.2. The third-order valence-electron chi connectivity index (χ3n) is 5.73. The van der Waals surface area contributed by atoms with Gasteiger partial charge in [0.25, 0.3) is 0 Å². The summed E-state index contributed by atoms with van der Waals surface area (Å²) in [5.74, 6) is 0.661. The van der Waals surface area contributed by atoms with Crippen LogP contribution in [0.15, 0.2) is 59.2 Å². The Morgan fingerprint density at radius 3 is 2.56 bits per heavy atom. The van der Waals surface area contributed by atoms with Gasteiger partial charge < -0.3 is 29.6 Å². The highest BCUT2D eigenvalue weighted by Crippen LogP contribution is 2.36. The highest BCUT2D eigenvalue weighted by Gasteiger charge is 2.44. The predicted octanol–water partition coefficient (Wildman–Crippen LogP) is 2.06. The van der Waals surface area contributed by atoms with Gasteiger partial charge in [0.1, 0.15) is 35.5 Å². The van der Waals surface area contributed by atoms with Gasteiger partial charge in [-0.15, -0.1) is 10.2 Å². The number of nitrogens with zero attached hydrogens (tertiary/aromatic N) is 2. The predicted molar refractivity (Wildman–Crippen MR) is 117 cm³/mol. The van der Waals surface area contributed by atoms with Crippen molar-refractivity contribution in [3.05, 3.63) is 70.9 Å². The van der Waals surface area contributed by atoms with Gasteiger partial charge >= 0.3 is 0 Å². The van der Waals surface area contributed by atoms with Crippen LogP contribution in [-0.2, 0) is 11.2 Å². The van der Waals surface area contributed by atoms with Gasteiger partial charge in [-0.25, -0.2) is 0 Å². The second-order valence-electron chi connectivity index (χ2n) is 7.81. The summed E-state index contributed by atoms with van der Waals surface area (Å²) in [6, 6.07) is 15.3. The van der Waals surface area contributed by atoms with E-state index in [4.69, 9.17) is 9.15 Å². The number of aliphatic hydroxyl groups excluding tert-OH is 4. The van der Waals surface area contributed by atoms with Gasteiger partial charge in [0, 0.05) is 6.42 Å². The highest BCUT2D eigenvalue weighted by atomic mass is 32.1. The number of aliphatic hydroxyl groups is 4. The van der Waals surface area contributed by atoms with Crippen LogP contribution in [0.25, 0.3) is 21.5 Å². The second-order valence-corrected chi connectivity index (χ2v) is 8.87. The fraction of sp³-hybridized carbons (Fsp3) is 0.304. The zero-order chi connectivity index (χ0) is 22.2. The van der Waals surface area contributed by atoms with Crippen molar-refractivity contribution in [2.75, 3.05) is 6.61 Å². The first-order valence-corrected chi connectivity index (χ1v) is 11.0. The van der Waals surface area contributed by atoms with Crippen LogP contribution in [0.3, 0.4) is 0 Å². The maximum absolute atomic E-state index is 10.6. The van der Waals surface area contributed by atoms with Crippen molar-refractivity contribution in [3.8, 4) is 10.8 Å². The average Bonchev–Trinajstić information content (AvgIpc) is 3.50. The van der Waals surface area contributed by atoms with Gasteiger partial charge in [-0.1, -0.05) is 41.7 Å². The Morgan fingerprint density at radius 1 is 0.938 bits per heavy atom. The van der Waals surface area contributed by atoms with Crippen LogP contribution in [0.4, 0.5) is 0 Å². The molecule has 9 heteroatoms. The number of ether oxygens (including phenoxy) is 1. The molecule has 32 heavy (non-hydrogen) atoms. The molecule has 5 atom stereocenters. The van der Waals surface area contributed by atoms with Gasteiger partial charge in [-0.2, -0.15) is 0 Å². The van der Waals surface area contributed by atoms with Crippen molar-refractivity contribution in [1.82, 2.24) is 10.2 Å². The molecule has 0 saturated carbocycles. The van der Waals surface area contributed by atoms with Crippen LogP contribution in [-0.4, -0.2) is 61.6 Å². The van der Waals surface area contributed by atoms with Crippen LogP contribution in [0.5, 0.6) is 0 Å². The van der Waals surface area contributed by atoms with Crippen molar-refractivity contribution in [2.45, 2.75) is 36.9 Å². The van der Waals surface area contributed by atoms with Crippen molar-refractivity contribution < 1.29 is 29.6 Å². The minimum absolute atomic E-state index is 0.470. The first-order valence-electron chi connectivity index (χ1n) is 10.2. The van der Waals surface area contributed by atoms with Crippen LogP contribution < -0.4 is 0 Å². The van der Waals surface area contributed by atoms with E-state index in [-0.39, 0.29) is 0 Å². The van der Waals surface area contributed by atoms with E-state index in [0.717, 1.165) is 21.3 Å². The minimum atomic E-state index is -1.43. The largest absolute Gasteiger partial charge is 0.462 e. The van der Waals surface area contributed by atoms with E-state index in [1.165, 1.54) is 11.3 Å². The molecule has 0 aliphatic carbocycles. The summed E-state index contributed by atoms with van der Waals surface area (Å²) in [6.45, 7) is -0.470. The van der Waals surface area contributed by atoms with Crippen molar-refractivity contribution in [1.29, 1.82) is 0 Å². The Labute approximate surface area is 187 Å². The Kier molecular flexibility index (Phi) is 5.76. The molecule has 0 amide bonds. The van der Waals surface area contributed by atoms with Crippen molar-refractivity contribution >= 4 is 22.1 Å². The topological polar surface area (TPSA) is 129 Å². The maximum Gasteiger partial charge on any atom is 0.183 e. The molecule has 0 unspecified atom stereocenters. The normalized spacial score (nSPS) is 25.9. The van der Waals surface area contributed by atoms with Crippen molar-refractivity contribution in [3.63, 3.8) is 0 Å². The van der Waals surface area contributed by atoms with E-state index in [1.807, 2.05) is 42.5 Å². The molecule has 1 fully saturated rings. The third-order valence-corrected chi connectivity index (χ3v) is 6.67. The monoisotopic (exact) mass is 454 g/mol. The smallest absolute Gasteiger partial charge is 0.183 e. The van der Waals surface area contributed by atoms with Gasteiger partial charge in [-0.05, 0) is 40.1 Å². The fourth-order valence-corrected chi connectivity index (χ4v) is 4.92. The molecule has 2 aromatic heterocycles. The van der Waals surface area contributed by atoms with Crippen molar-refractivity contribution in [2.24, 2.45) is 0 Å². The molecular weight excluding hydrogens is 432 g/mol. The van der Waals surface area contributed by atoms with E-state index < -0.39 is 37.1 Å². The number of benzene rings is 2. The Bertz CT molecular complexity index is 1210. The quantitative estimate of drug-likeness (QED) is 0.361. The molecule has 3 heterocycles. The summed E-state index contributed by atoms with van der Waals surface area (Å²) in [7, 11) is 0. The van der Waals surface area contributed by atoms with E-state index in [0.29, 0.717) is 22.8 Å². The molecule has 2 aromatic carbocycles. The number of fused-ring (bicyclic) bond motifs is 1. The number of furan rings is 1. The van der Waals surface area contributed by atoms with E-state index in [9.17, 15) is 20.4 Å². The number of hydrogen-bond acceptors (Lipinski definition) is 9. The summed E-state index contributed by atoms with van der Waals surface area (Å²) in [6.07, 6.45) is -3.94. The zero-order valence-electron chi connectivity index (χ0n) is 16.9. The van der Waals surface area contributed by atoms with Crippen LogP contribution >= 0.6 is 11.3 Å². The SMILES string of the molecule is OC[C@H]1O[C@@H](c2cc(Cc3nnc(-c4ccco4)s3)c3ccccc3c2)[C@H](O)[C@@H](O)[C@@H]1O. The molecule has 1 saturated heterocycles. The van der Waals surface area contributed by atoms with Gasteiger partial charge in [-0.3, -0.25) is 0 Å². The lowest BCUT2D eigenvalue weighted by atomic mass is 9.88. The van der Waals surface area contributed by atoms with Gasteiger partial charge in [0.15, 0.2) is 10.8 Å². The molecule has 0 bridgehead atoms. The number of aromatic nitrogens is 2. The zero-order valence-corrected chi connectivity index (χ0v) is 17.7. The molecule has 4 aromatic rings. The Balaban J connectivity index is 1.52. The molecule has 8 nitrogen and oxygen atoms in total. The van der Waals surface area contributed by atoms with Gasteiger partial charge in [0.2, 0.25) is 0 Å².